The Bertz CT molecular complexity index is 1240. The average Bonchev–Trinajstić information content (AvgIpc) is 3.39. The fourth-order valence-corrected chi connectivity index (χ4v) is 5.27. The highest BCUT2D eigenvalue weighted by atomic mass is 35.5. The van der Waals surface area contributed by atoms with Gasteiger partial charge in [-0.1, -0.05) is 41.4 Å². The molecule has 0 spiro atoms. The summed E-state index contributed by atoms with van der Waals surface area (Å²) >= 11 is 13.7. The Kier molecular flexibility index (Phi) is 6.09. The maximum Gasteiger partial charge on any atom is 0.223 e. The number of imidazole rings is 1. The maximum absolute atomic E-state index is 12.8. The lowest BCUT2D eigenvalue weighted by molar-refractivity contribution is -0.131. The van der Waals surface area contributed by atoms with Crippen LogP contribution in [0.4, 0.5) is 5.69 Å². The highest BCUT2D eigenvalue weighted by molar-refractivity contribution is 7.15. The number of carbonyl (C=O) groups excluding carboxylic acids is 1. The van der Waals surface area contributed by atoms with Crippen LogP contribution in [-0.4, -0.2) is 46.4 Å². The van der Waals surface area contributed by atoms with Gasteiger partial charge in [-0.3, -0.25) is 9.20 Å². The minimum absolute atomic E-state index is 0.202. The van der Waals surface area contributed by atoms with Gasteiger partial charge in [-0.2, -0.15) is 0 Å². The number of benzene rings is 2. The van der Waals surface area contributed by atoms with Gasteiger partial charge in [0.2, 0.25) is 5.91 Å². The van der Waals surface area contributed by atoms with Crippen LogP contribution in [0.3, 0.4) is 0 Å². The normalized spacial score (nSPS) is 14.3. The molecule has 164 valence electrons. The van der Waals surface area contributed by atoms with E-state index < -0.39 is 0 Å². The molecular weight excluding hydrogens is 463 g/mol. The summed E-state index contributed by atoms with van der Waals surface area (Å²) in [6, 6.07) is 15.6. The highest BCUT2D eigenvalue weighted by Gasteiger charge is 2.21. The number of piperazine rings is 1. The Morgan fingerprint density at radius 1 is 1.00 bits per heavy atom. The highest BCUT2D eigenvalue weighted by Crippen LogP contribution is 2.26. The molecule has 32 heavy (non-hydrogen) atoms. The van der Waals surface area contributed by atoms with Crippen molar-refractivity contribution >= 4 is 51.1 Å². The molecule has 1 saturated heterocycles. The predicted molar refractivity (Wildman–Crippen MR) is 132 cm³/mol. The van der Waals surface area contributed by atoms with Crippen LogP contribution in [0.5, 0.6) is 0 Å². The molecule has 4 aromatic rings. The van der Waals surface area contributed by atoms with E-state index in [2.05, 4.69) is 20.7 Å². The molecule has 0 atom stereocenters. The third-order valence-corrected chi connectivity index (χ3v) is 7.20. The smallest absolute Gasteiger partial charge is 0.223 e. The van der Waals surface area contributed by atoms with Gasteiger partial charge in [0.15, 0.2) is 4.96 Å². The van der Waals surface area contributed by atoms with Crippen LogP contribution in [0, 0.1) is 0 Å². The van der Waals surface area contributed by atoms with Gasteiger partial charge >= 0.3 is 0 Å². The third-order valence-electron chi connectivity index (χ3n) is 5.82. The van der Waals surface area contributed by atoms with Crippen molar-refractivity contribution in [3.63, 3.8) is 0 Å². The lowest BCUT2D eigenvalue weighted by atomic mass is 10.2. The van der Waals surface area contributed by atoms with Crippen molar-refractivity contribution in [3.05, 3.63) is 75.8 Å². The van der Waals surface area contributed by atoms with Crippen LogP contribution in [0.25, 0.3) is 16.2 Å². The number of carbonyl (C=O) groups is 1. The van der Waals surface area contributed by atoms with Crippen LogP contribution in [0.15, 0.2) is 60.1 Å². The van der Waals surface area contributed by atoms with Gasteiger partial charge in [0, 0.05) is 71.2 Å². The fourth-order valence-electron chi connectivity index (χ4n) is 4.05. The number of hydrogen-bond acceptors (Lipinski definition) is 4. The van der Waals surface area contributed by atoms with Gasteiger partial charge in [-0.25, -0.2) is 4.98 Å². The Balaban J connectivity index is 1.19. The molecule has 0 unspecified atom stereocenters. The number of nitrogens with zero attached hydrogens (tertiary/aromatic N) is 4. The summed E-state index contributed by atoms with van der Waals surface area (Å²) in [5, 5.41) is 3.54. The van der Waals surface area contributed by atoms with Crippen molar-refractivity contribution in [2.75, 3.05) is 31.1 Å². The number of aromatic nitrogens is 2. The number of aryl methyl sites for hydroxylation is 1. The second-order valence-corrected chi connectivity index (χ2v) is 9.57. The molecule has 2 aromatic heterocycles. The van der Waals surface area contributed by atoms with Gasteiger partial charge < -0.3 is 9.80 Å². The zero-order valence-electron chi connectivity index (χ0n) is 17.4. The summed E-state index contributed by atoms with van der Waals surface area (Å²) in [4.78, 5) is 22.7. The quantitative estimate of drug-likeness (QED) is 0.367. The third kappa shape index (κ3) is 4.49. The van der Waals surface area contributed by atoms with Crippen molar-refractivity contribution < 1.29 is 4.79 Å². The Morgan fingerprint density at radius 2 is 1.78 bits per heavy atom. The largest absolute Gasteiger partial charge is 0.368 e. The maximum atomic E-state index is 12.8. The molecule has 2 aromatic carbocycles. The zero-order chi connectivity index (χ0) is 22.1. The summed E-state index contributed by atoms with van der Waals surface area (Å²) in [6.07, 6.45) is 3.24. The van der Waals surface area contributed by atoms with Gasteiger partial charge in [0.05, 0.1) is 5.69 Å². The van der Waals surface area contributed by atoms with Crippen LogP contribution in [-0.2, 0) is 11.2 Å². The summed E-state index contributed by atoms with van der Waals surface area (Å²) < 4.78 is 2.10. The lowest BCUT2D eigenvalue weighted by Gasteiger charge is -2.36. The Morgan fingerprint density at radius 3 is 2.53 bits per heavy atom. The minimum Gasteiger partial charge on any atom is -0.368 e. The lowest BCUT2D eigenvalue weighted by Crippen LogP contribution is -2.48. The van der Waals surface area contributed by atoms with E-state index in [4.69, 9.17) is 28.2 Å². The van der Waals surface area contributed by atoms with Crippen molar-refractivity contribution in [3.8, 4) is 11.3 Å². The topological polar surface area (TPSA) is 40.9 Å². The predicted octanol–water partition coefficient (Wildman–Crippen LogP) is 5.65. The first-order valence-electron chi connectivity index (χ1n) is 10.6. The molecule has 0 saturated carbocycles. The number of fused-ring (bicyclic) bond motifs is 1. The van der Waals surface area contributed by atoms with Gasteiger partial charge in [0.1, 0.15) is 0 Å². The van der Waals surface area contributed by atoms with E-state index in [-0.39, 0.29) is 5.91 Å². The van der Waals surface area contributed by atoms with E-state index in [9.17, 15) is 4.79 Å². The van der Waals surface area contributed by atoms with E-state index in [0.29, 0.717) is 17.9 Å². The first-order valence-corrected chi connectivity index (χ1v) is 12.2. The van der Waals surface area contributed by atoms with Crippen LogP contribution >= 0.6 is 34.5 Å². The van der Waals surface area contributed by atoms with Gasteiger partial charge in [0.25, 0.3) is 0 Å². The van der Waals surface area contributed by atoms with E-state index in [1.807, 2.05) is 53.6 Å². The molecule has 0 bridgehead atoms. The number of thiazole rings is 1. The second-order valence-electron chi connectivity index (χ2n) is 7.86. The number of amides is 1. The van der Waals surface area contributed by atoms with Crippen molar-refractivity contribution in [1.82, 2.24) is 14.3 Å². The van der Waals surface area contributed by atoms with Crippen molar-refractivity contribution in [2.24, 2.45) is 0 Å². The molecule has 0 radical (unpaired) electrons. The Hall–Kier alpha value is -2.54. The molecule has 1 amide bonds. The Labute approximate surface area is 200 Å². The van der Waals surface area contributed by atoms with E-state index in [0.717, 1.165) is 58.8 Å². The molecule has 5 rings (SSSR count). The van der Waals surface area contributed by atoms with Gasteiger partial charge in [-0.15, -0.1) is 11.3 Å². The monoisotopic (exact) mass is 484 g/mol. The number of halogens is 2. The van der Waals surface area contributed by atoms with Gasteiger partial charge in [-0.05, 0) is 36.8 Å². The minimum atomic E-state index is 0.202. The molecule has 5 nitrogen and oxygen atoms in total. The van der Waals surface area contributed by atoms with E-state index >= 15 is 0 Å². The second kappa shape index (κ2) is 9.14. The molecule has 1 fully saturated rings. The number of anilines is 1. The molecule has 3 heterocycles. The summed E-state index contributed by atoms with van der Waals surface area (Å²) in [5.74, 6) is 0.202. The zero-order valence-corrected chi connectivity index (χ0v) is 19.7. The van der Waals surface area contributed by atoms with Crippen molar-refractivity contribution in [2.45, 2.75) is 12.8 Å². The molecule has 1 aliphatic rings. The first-order chi connectivity index (χ1) is 15.6. The molecular formula is C24H22Cl2N4OS. The fraction of sp³-hybridized carbons (Fsp3) is 0.250. The summed E-state index contributed by atoms with van der Waals surface area (Å²) in [6.45, 7) is 3.11. The standard InChI is InChI=1S/C24H22Cl2N4OS/c25-18-6-4-17(5-7-18)22-15-30-21(16-32-24(30)27-22)8-9-23(31)29-12-10-28(11-13-29)20-3-1-2-19(26)14-20/h1-7,14-16H,8-13H2. The number of hydrogen-bond donors (Lipinski definition) is 0. The van der Waals surface area contributed by atoms with Crippen LogP contribution in [0.1, 0.15) is 12.1 Å². The van der Waals surface area contributed by atoms with Crippen molar-refractivity contribution in [1.29, 1.82) is 0 Å². The molecule has 0 N–H and O–H groups in total. The summed E-state index contributed by atoms with van der Waals surface area (Å²) in [7, 11) is 0. The first kappa shape index (κ1) is 21.3. The van der Waals surface area contributed by atoms with Crippen LogP contribution < -0.4 is 4.90 Å². The average molecular weight is 485 g/mol. The van der Waals surface area contributed by atoms with E-state index in [1.54, 1.807) is 11.3 Å². The van der Waals surface area contributed by atoms with E-state index in [1.165, 1.54) is 0 Å². The van der Waals surface area contributed by atoms with Crippen LogP contribution in [0.2, 0.25) is 10.0 Å². The molecule has 1 aliphatic heterocycles. The SMILES string of the molecule is O=C(CCc1csc2nc(-c3ccc(Cl)cc3)cn12)N1CCN(c2cccc(Cl)c2)CC1. The number of rotatable bonds is 5. The molecule has 0 aliphatic carbocycles. The molecule has 8 heteroatoms. The summed E-state index contributed by atoms with van der Waals surface area (Å²) in [5.41, 5.74) is 4.17.